The summed E-state index contributed by atoms with van der Waals surface area (Å²) in [5.74, 6) is 1.86. The van der Waals surface area contributed by atoms with Crippen molar-refractivity contribution in [1.29, 1.82) is 0 Å². The minimum atomic E-state index is 0.167. The Labute approximate surface area is 128 Å². The van der Waals surface area contributed by atoms with Crippen molar-refractivity contribution in [2.75, 3.05) is 13.1 Å². The molecule has 2 rings (SSSR count). The van der Waals surface area contributed by atoms with Gasteiger partial charge in [-0.2, -0.15) is 4.98 Å². The Bertz CT molecular complexity index is 436. The van der Waals surface area contributed by atoms with Gasteiger partial charge in [-0.3, -0.25) is 4.90 Å². The van der Waals surface area contributed by atoms with E-state index in [9.17, 15) is 0 Å². The lowest BCUT2D eigenvalue weighted by Gasteiger charge is -2.36. The summed E-state index contributed by atoms with van der Waals surface area (Å²) >= 11 is 0. The highest BCUT2D eigenvalue weighted by Crippen LogP contribution is 2.20. The molecule has 1 aromatic heterocycles. The highest BCUT2D eigenvalue weighted by Gasteiger charge is 2.25. The van der Waals surface area contributed by atoms with Crippen molar-refractivity contribution < 1.29 is 4.52 Å². The monoisotopic (exact) mass is 294 g/mol. The molecule has 1 atom stereocenters. The van der Waals surface area contributed by atoms with Crippen molar-refractivity contribution in [3.05, 3.63) is 11.7 Å². The third-order valence-corrected chi connectivity index (χ3v) is 3.94. The fraction of sp³-hybridized carbons (Fsp3) is 0.875. The van der Waals surface area contributed by atoms with E-state index in [0.717, 1.165) is 31.3 Å². The Kier molecular flexibility index (Phi) is 5.38. The minimum absolute atomic E-state index is 0.167. The van der Waals surface area contributed by atoms with Crippen LogP contribution in [0.1, 0.15) is 71.5 Å². The van der Waals surface area contributed by atoms with E-state index in [2.05, 4.69) is 55.0 Å². The maximum atomic E-state index is 5.31. The molecule has 1 fully saturated rings. The SMILES string of the molecule is CC(C)c1nc(CN2CCCCC2CNC(C)(C)C)no1. The first-order chi connectivity index (χ1) is 9.85. The maximum Gasteiger partial charge on any atom is 0.229 e. The average molecular weight is 294 g/mol. The Morgan fingerprint density at radius 1 is 1.33 bits per heavy atom. The van der Waals surface area contributed by atoms with Crippen LogP contribution in [0.2, 0.25) is 0 Å². The largest absolute Gasteiger partial charge is 0.339 e. The predicted octanol–water partition coefficient (Wildman–Crippen LogP) is 2.94. The topological polar surface area (TPSA) is 54.2 Å². The first-order valence-electron chi connectivity index (χ1n) is 8.17. The van der Waals surface area contributed by atoms with Crippen LogP contribution in [0, 0.1) is 0 Å². The summed E-state index contributed by atoms with van der Waals surface area (Å²) in [5.41, 5.74) is 0.167. The van der Waals surface area contributed by atoms with Gasteiger partial charge in [-0.15, -0.1) is 0 Å². The van der Waals surface area contributed by atoms with E-state index in [0.29, 0.717) is 12.0 Å². The number of hydrogen-bond donors (Lipinski definition) is 1. The number of likely N-dealkylation sites (tertiary alicyclic amines) is 1. The van der Waals surface area contributed by atoms with Crippen molar-refractivity contribution in [1.82, 2.24) is 20.4 Å². The van der Waals surface area contributed by atoms with Crippen molar-refractivity contribution in [3.63, 3.8) is 0 Å². The number of piperidine rings is 1. The summed E-state index contributed by atoms with van der Waals surface area (Å²) < 4.78 is 5.31. The quantitative estimate of drug-likeness (QED) is 0.905. The summed E-state index contributed by atoms with van der Waals surface area (Å²) in [6.45, 7) is 13.8. The van der Waals surface area contributed by atoms with Crippen molar-refractivity contribution in [3.8, 4) is 0 Å². The molecule has 0 amide bonds. The summed E-state index contributed by atoms with van der Waals surface area (Å²) in [6.07, 6.45) is 3.83. The van der Waals surface area contributed by atoms with Gasteiger partial charge >= 0.3 is 0 Å². The molecule has 2 heterocycles. The third kappa shape index (κ3) is 5.08. The molecular formula is C16H30N4O. The van der Waals surface area contributed by atoms with Gasteiger partial charge in [0.15, 0.2) is 5.82 Å². The van der Waals surface area contributed by atoms with Crippen LogP contribution in [0.3, 0.4) is 0 Å². The Hall–Kier alpha value is -0.940. The van der Waals surface area contributed by atoms with Gasteiger partial charge in [0.05, 0.1) is 6.54 Å². The van der Waals surface area contributed by atoms with Gasteiger partial charge in [-0.25, -0.2) is 0 Å². The molecule has 0 saturated carbocycles. The van der Waals surface area contributed by atoms with E-state index in [1.807, 2.05) is 0 Å². The zero-order valence-corrected chi connectivity index (χ0v) is 14.1. The van der Waals surface area contributed by atoms with Crippen LogP contribution in [-0.2, 0) is 6.54 Å². The molecule has 0 aromatic carbocycles. The normalized spacial score (nSPS) is 21.1. The van der Waals surface area contributed by atoms with Crippen LogP contribution in [0.15, 0.2) is 4.52 Å². The van der Waals surface area contributed by atoms with Crippen LogP contribution < -0.4 is 5.32 Å². The van der Waals surface area contributed by atoms with E-state index < -0.39 is 0 Å². The number of rotatable bonds is 5. The fourth-order valence-electron chi connectivity index (χ4n) is 2.67. The first-order valence-corrected chi connectivity index (χ1v) is 8.17. The predicted molar refractivity (Wildman–Crippen MR) is 84.2 cm³/mol. The van der Waals surface area contributed by atoms with E-state index in [1.54, 1.807) is 0 Å². The number of aromatic nitrogens is 2. The molecule has 21 heavy (non-hydrogen) atoms. The molecule has 1 aromatic rings. The standard InChI is InChI=1S/C16H30N4O/c1-12(2)15-18-14(19-21-15)11-20-9-7-6-8-13(20)10-17-16(3,4)5/h12-13,17H,6-11H2,1-5H3. The van der Waals surface area contributed by atoms with E-state index in [-0.39, 0.29) is 5.54 Å². The van der Waals surface area contributed by atoms with Crippen molar-refractivity contribution >= 4 is 0 Å². The van der Waals surface area contributed by atoms with Crippen LogP contribution >= 0.6 is 0 Å². The summed E-state index contributed by atoms with van der Waals surface area (Å²) in [4.78, 5) is 7.00. The zero-order valence-electron chi connectivity index (χ0n) is 14.1. The fourth-order valence-corrected chi connectivity index (χ4v) is 2.67. The first kappa shape index (κ1) is 16.4. The lowest BCUT2D eigenvalue weighted by molar-refractivity contribution is 0.126. The van der Waals surface area contributed by atoms with Gasteiger partial charge in [0.25, 0.3) is 0 Å². The van der Waals surface area contributed by atoms with Crippen LogP contribution in [0.25, 0.3) is 0 Å². The van der Waals surface area contributed by atoms with Crippen LogP contribution in [0.5, 0.6) is 0 Å². The van der Waals surface area contributed by atoms with Gasteiger partial charge in [-0.05, 0) is 40.2 Å². The van der Waals surface area contributed by atoms with Gasteiger partial charge in [-0.1, -0.05) is 25.4 Å². The molecule has 1 aliphatic rings. The van der Waals surface area contributed by atoms with Crippen molar-refractivity contribution in [2.24, 2.45) is 0 Å². The van der Waals surface area contributed by atoms with Crippen LogP contribution in [-0.4, -0.2) is 39.7 Å². The van der Waals surface area contributed by atoms with Gasteiger partial charge in [0, 0.05) is 24.0 Å². The number of hydrogen-bond acceptors (Lipinski definition) is 5. The van der Waals surface area contributed by atoms with Gasteiger partial charge in [0.2, 0.25) is 5.89 Å². The summed E-state index contributed by atoms with van der Waals surface area (Å²) in [5, 5.41) is 7.75. The Balaban J connectivity index is 1.94. The number of nitrogens with one attached hydrogen (secondary N) is 1. The van der Waals surface area contributed by atoms with Gasteiger partial charge < -0.3 is 9.84 Å². The average Bonchev–Trinajstić information content (AvgIpc) is 2.85. The molecule has 5 nitrogen and oxygen atoms in total. The van der Waals surface area contributed by atoms with E-state index in [4.69, 9.17) is 4.52 Å². The van der Waals surface area contributed by atoms with Crippen LogP contribution in [0.4, 0.5) is 0 Å². The second kappa shape index (κ2) is 6.88. The Morgan fingerprint density at radius 3 is 2.71 bits per heavy atom. The highest BCUT2D eigenvalue weighted by atomic mass is 16.5. The maximum absolute atomic E-state index is 5.31. The molecule has 0 radical (unpaired) electrons. The molecule has 0 bridgehead atoms. The minimum Gasteiger partial charge on any atom is -0.339 e. The second-order valence-electron chi connectivity index (χ2n) is 7.45. The molecular weight excluding hydrogens is 264 g/mol. The summed E-state index contributed by atoms with van der Waals surface area (Å²) in [7, 11) is 0. The Morgan fingerprint density at radius 2 is 2.10 bits per heavy atom. The molecule has 1 unspecified atom stereocenters. The highest BCUT2D eigenvalue weighted by molar-refractivity contribution is 4.92. The third-order valence-electron chi connectivity index (χ3n) is 3.94. The number of nitrogens with zero attached hydrogens (tertiary/aromatic N) is 3. The smallest absolute Gasteiger partial charge is 0.229 e. The lowest BCUT2D eigenvalue weighted by Crippen LogP contribution is -2.49. The zero-order chi connectivity index (χ0) is 15.5. The molecule has 1 saturated heterocycles. The molecule has 120 valence electrons. The lowest BCUT2D eigenvalue weighted by atomic mass is 10.0. The van der Waals surface area contributed by atoms with Gasteiger partial charge in [0.1, 0.15) is 0 Å². The molecule has 0 spiro atoms. The second-order valence-corrected chi connectivity index (χ2v) is 7.45. The van der Waals surface area contributed by atoms with E-state index >= 15 is 0 Å². The molecule has 5 heteroatoms. The van der Waals surface area contributed by atoms with Crippen molar-refractivity contribution in [2.45, 2.75) is 77.9 Å². The summed E-state index contributed by atoms with van der Waals surface area (Å²) in [6, 6.07) is 0.568. The van der Waals surface area contributed by atoms with E-state index in [1.165, 1.54) is 19.3 Å². The molecule has 0 aliphatic carbocycles. The molecule has 1 N–H and O–H groups in total. The molecule has 1 aliphatic heterocycles.